The summed E-state index contributed by atoms with van der Waals surface area (Å²) in [6, 6.07) is 9.01. The number of para-hydroxylation sites is 1. The summed E-state index contributed by atoms with van der Waals surface area (Å²) in [7, 11) is 0. The minimum Gasteiger partial charge on any atom is -0.371 e. The molecule has 2 saturated heterocycles. The zero-order chi connectivity index (χ0) is 10.8. The van der Waals surface area contributed by atoms with Crippen LogP contribution >= 0.6 is 12.4 Å². The molecule has 1 aromatic rings. The average molecular weight is 253 g/mol. The third-order valence-electron chi connectivity index (χ3n) is 3.91. The van der Waals surface area contributed by atoms with Crippen LogP contribution in [0.2, 0.25) is 0 Å². The molecule has 0 radical (unpaired) electrons. The van der Waals surface area contributed by atoms with Crippen LogP contribution in [0.15, 0.2) is 24.3 Å². The number of nitrogens with one attached hydrogen (secondary N) is 1. The molecule has 0 unspecified atom stereocenters. The van der Waals surface area contributed by atoms with Crippen molar-refractivity contribution in [1.82, 2.24) is 5.32 Å². The van der Waals surface area contributed by atoms with Gasteiger partial charge < -0.3 is 10.2 Å². The number of nitrogens with zero attached hydrogens (tertiary/aromatic N) is 1. The highest BCUT2D eigenvalue weighted by atomic mass is 35.5. The number of benzene rings is 1. The second-order valence-electron chi connectivity index (χ2n) is 4.92. The fraction of sp³-hybridized carbons (Fsp3) is 0.571. The molecule has 2 fully saturated rings. The summed E-state index contributed by atoms with van der Waals surface area (Å²) < 4.78 is 0. The lowest BCUT2D eigenvalue weighted by Gasteiger charge is -2.37. The molecule has 2 heterocycles. The molecule has 2 aliphatic rings. The van der Waals surface area contributed by atoms with Gasteiger partial charge >= 0.3 is 0 Å². The zero-order valence-corrected chi connectivity index (χ0v) is 11.0. The summed E-state index contributed by atoms with van der Waals surface area (Å²) in [6.07, 6.45) is 3.95. The van der Waals surface area contributed by atoms with E-state index in [1.807, 2.05) is 0 Å². The highest BCUT2D eigenvalue weighted by molar-refractivity contribution is 5.85. The molecule has 2 aliphatic heterocycles. The van der Waals surface area contributed by atoms with E-state index in [9.17, 15) is 0 Å². The largest absolute Gasteiger partial charge is 0.371 e. The van der Waals surface area contributed by atoms with Gasteiger partial charge in [-0.1, -0.05) is 18.2 Å². The minimum absolute atomic E-state index is 0. The minimum atomic E-state index is 0. The Morgan fingerprint density at radius 3 is 2.41 bits per heavy atom. The first-order valence-electron chi connectivity index (χ1n) is 6.50. The van der Waals surface area contributed by atoms with Gasteiger partial charge in [-0.25, -0.2) is 0 Å². The highest BCUT2D eigenvalue weighted by Crippen LogP contribution is 2.34. The smallest absolute Gasteiger partial charge is 0.0401 e. The van der Waals surface area contributed by atoms with Crippen LogP contribution in [0, 0.1) is 0 Å². The number of piperidine rings is 1. The van der Waals surface area contributed by atoms with Gasteiger partial charge in [0.1, 0.15) is 0 Å². The second-order valence-corrected chi connectivity index (χ2v) is 4.92. The normalized spacial score (nSPS) is 20.6. The Hall–Kier alpha value is -0.730. The molecule has 1 N–H and O–H groups in total. The molecule has 0 spiro atoms. The molecule has 0 saturated carbocycles. The molecule has 0 bridgehead atoms. The Morgan fingerprint density at radius 1 is 1.06 bits per heavy atom. The Bertz CT molecular complexity index is 357. The van der Waals surface area contributed by atoms with Gasteiger partial charge in [0.2, 0.25) is 0 Å². The molecule has 0 aromatic heterocycles. The first-order valence-corrected chi connectivity index (χ1v) is 6.50. The van der Waals surface area contributed by atoms with Crippen molar-refractivity contribution >= 4 is 18.1 Å². The molecule has 1 aromatic carbocycles. The number of anilines is 1. The molecular formula is C14H21ClN2. The second kappa shape index (κ2) is 5.74. The van der Waals surface area contributed by atoms with Gasteiger partial charge in [-0.2, -0.15) is 0 Å². The summed E-state index contributed by atoms with van der Waals surface area (Å²) in [5.41, 5.74) is 3.09. The van der Waals surface area contributed by atoms with Crippen LogP contribution in [-0.4, -0.2) is 26.2 Å². The maximum absolute atomic E-state index is 3.45. The van der Waals surface area contributed by atoms with Crippen molar-refractivity contribution in [3.8, 4) is 0 Å². The van der Waals surface area contributed by atoms with E-state index in [2.05, 4.69) is 34.5 Å². The fourth-order valence-electron chi connectivity index (χ4n) is 2.81. The van der Waals surface area contributed by atoms with Crippen molar-refractivity contribution in [2.45, 2.75) is 25.2 Å². The van der Waals surface area contributed by atoms with E-state index in [0.29, 0.717) is 0 Å². The van der Waals surface area contributed by atoms with Crippen molar-refractivity contribution < 1.29 is 0 Å². The van der Waals surface area contributed by atoms with E-state index in [1.54, 1.807) is 5.56 Å². The van der Waals surface area contributed by atoms with Gasteiger partial charge in [0.25, 0.3) is 0 Å². The van der Waals surface area contributed by atoms with E-state index in [0.717, 1.165) is 5.92 Å². The first-order chi connectivity index (χ1) is 7.95. The Morgan fingerprint density at radius 2 is 1.76 bits per heavy atom. The Balaban J connectivity index is 0.00000108. The van der Waals surface area contributed by atoms with Crippen molar-refractivity contribution in [2.24, 2.45) is 0 Å². The summed E-state index contributed by atoms with van der Waals surface area (Å²) in [5, 5.41) is 3.45. The van der Waals surface area contributed by atoms with Crippen molar-refractivity contribution in [1.29, 1.82) is 0 Å². The van der Waals surface area contributed by atoms with Crippen LogP contribution in [-0.2, 0) is 0 Å². The van der Waals surface area contributed by atoms with E-state index in [4.69, 9.17) is 0 Å². The SMILES string of the molecule is Cl.c1ccc(N2CCC2)c(C2CCNCC2)c1. The predicted molar refractivity (Wildman–Crippen MR) is 75.4 cm³/mol. The topological polar surface area (TPSA) is 15.3 Å². The zero-order valence-electron chi connectivity index (χ0n) is 10.2. The van der Waals surface area contributed by atoms with Crippen LogP contribution < -0.4 is 10.2 Å². The van der Waals surface area contributed by atoms with Gasteiger partial charge in [-0.15, -0.1) is 12.4 Å². The fourth-order valence-corrected chi connectivity index (χ4v) is 2.81. The maximum atomic E-state index is 3.45. The third kappa shape index (κ3) is 2.58. The van der Waals surface area contributed by atoms with Gasteiger partial charge in [0.05, 0.1) is 0 Å². The summed E-state index contributed by atoms with van der Waals surface area (Å²) in [5.74, 6) is 0.776. The predicted octanol–water partition coefficient (Wildman–Crippen LogP) is 2.79. The van der Waals surface area contributed by atoms with Gasteiger partial charge in [0, 0.05) is 18.8 Å². The highest BCUT2D eigenvalue weighted by Gasteiger charge is 2.22. The van der Waals surface area contributed by atoms with Gasteiger partial charge in [0.15, 0.2) is 0 Å². The maximum Gasteiger partial charge on any atom is 0.0401 e. The summed E-state index contributed by atoms with van der Waals surface area (Å²) in [6.45, 7) is 4.86. The summed E-state index contributed by atoms with van der Waals surface area (Å²) >= 11 is 0. The van der Waals surface area contributed by atoms with Crippen LogP contribution in [0.25, 0.3) is 0 Å². The molecule has 2 nitrogen and oxygen atoms in total. The molecule has 0 atom stereocenters. The van der Waals surface area contributed by atoms with E-state index in [1.165, 1.54) is 51.1 Å². The van der Waals surface area contributed by atoms with Crippen LogP contribution in [0.1, 0.15) is 30.7 Å². The molecule has 17 heavy (non-hydrogen) atoms. The average Bonchev–Trinajstić information content (AvgIpc) is 2.29. The van der Waals surface area contributed by atoms with E-state index in [-0.39, 0.29) is 12.4 Å². The van der Waals surface area contributed by atoms with Gasteiger partial charge in [-0.3, -0.25) is 0 Å². The lowest BCUT2D eigenvalue weighted by atomic mass is 9.88. The van der Waals surface area contributed by atoms with Gasteiger partial charge in [-0.05, 0) is 49.9 Å². The van der Waals surface area contributed by atoms with Crippen LogP contribution in [0.5, 0.6) is 0 Å². The number of rotatable bonds is 2. The third-order valence-corrected chi connectivity index (χ3v) is 3.91. The monoisotopic (exact) mass is 252 g/mol. The van der Waals surface area contributed by atoms with Crippen molar-refractivity contribution in [2.75, 3.05) is 31.1 Å². The lowest BCUT2D eigenvalue weighted by Crippen LogP contribution is -2.38. The van der Waals surface area contributed by atoms with Crippen LogP contribution in [0.4, 0.5) is 5.69 Å². The van der Waals surface area contributed by atoms with E-state index < -0.39 is 0 Å². The van der Waals surface area contributed by atoms with Crippen molar-refractivity contribution in [3.05, 3.63) is 29.8 Å². The Kier molecular flexibility index (Phi) is 4.30. The molecule has 0 amide bonds. The lowest BCUT2D eigenvalue weighted by molar-refractivity contribution is 0.458. The Labute approximate surface area is 110 Å². The molecule has 0 aliphatic carbocycles. The molecule has 94 valence electrons. The molecular weight excluding hydrogens is 232 g/mol. The number of hydrogen-bond donors (Lipinski definition) is 1. The number of halogens is 1. The first kappa shape index (κ1) is 12.7. The molecule has 3 heteroatoms. The quantitative estimate of drug-likeness (QED) is 0.871. The summed E-state index contributed by atoms with van der Waals surface area (Å²) in [4.78, 5) is 2.53. The van der Waals surface area contributed by atoms with E-state index >= 15 is 0 Å². The molecule has 3 rings (SSSR count). The van der Waals surface area contributed by atoms with Crippen LogP contribution in [0.3, 0.4) is 0 Å². The standard InChI is InChI=1S/C14H20N2.ClH/c1-2-5-14(16-10-3-11-16)13(4-1)12-6-8-15-9-7-12;/h1-2,4-5,12,15H,3,6-11H2;1H. The van der Waals surface area contributed by atoms with Crippen molar-refractivity contribution in [3.63, 3.8) is 0 Å². The number of hydrogen-bond acceptors (Lipinski definition) is 2.